The van der Waals surface area contributed by atoms with E-state index in [0.29, 0.717) is 17.1 Å². The normalized spacial score (nSPS) is 10.4. The standard InChI is InChI=1S/C18H19N5O2/c1-2-12-23-17(20-21-22-23)13-25-16-11-7-6-10-15(16)18(24)19-14-8-4-3-5-9-14/h3-11H,2,12-13H2,1H3,(H,19,24). The van der Waals surface area contributed by atoms with Crippen molar-refractivity contribution in [3.8, 4) is 5.75 Å². The molecule has 128 valence electrons. The molecular weight excluding hydrogens is 318 g/mol. The van der Waals surface area contributed by atoms with E-state index in [1.54, 1.807) is 22.9 Å². The van der Waals surface area contributed by atoms with E-state index in [9.17, 15) is 4.79 Å². The van der Waals surface area contributed by atoms with E-state index in [1.807, 2.05) is 36.4 Å². The quantitative estimate of drug-likeness (QED) is 0.717. The van der Waals surface area contributed by atoms with Crippen LogP contribution in [0.3, 0.4) is 0 Å². The second kappa shape index (κ2) is 8.05. The molecule has 0 bridgehead atoms. The molecule has 25 heavy (non-hydrogen) atoms. The molecule has 1 amide bonds. The van der Waals surface area contributed by atoms with Gasteiger partial charge in [0.1, 0.15) is 12.4 Å². The third-order valence-corrected chi connectivity index (χ3v) is 3.56. The number of rotatable bonds is 7. The van der Waals surface area contributed by atoms with Crippen LogP contribution in [0.15, 0.2) is 54.6 Å². The molecule has 1 N–H and O–H groups in total. The van der Waals surface area contributed by atoms with Gasteiger partial charge >= 0.3 is 0 Å². The lowest BCUT2D eigenvalue weighted by atomic mass is 10.2. The number of carbonyl (C=O) groups is 1. The monoisotopic (exact) mass is 337 g/mol. The summed E-state index contributed by atoms with van der Waals surface area (Å²) in [6.45, 7) is 2.97. The average Bonchev–Trinajstić information content (AvgIpc) is 3.08. The number of anilines is 1. The number of ether oxygens (including phenoxy) is 1. The third kappa shape index (κ3) is 4.20. The van der Waals surface area contributed by atoms with Gasteiger partial charge in [0.05, 0.1) is 5.56 Å². The summed E-state index contributed by atoms with van der Waals surface area (Å²) in [5, 5.41) is 14.4. The zero-order chi connectivity index (χ0) is 17.5. The van der Waals surface area contributed by atoms with Gasteiger partial charge in [-0.2, -0.15) is 0 Å². The molecule has 1 heterocycles. The molecule has 0 fully saturated rings. The Kier molecular flexibility index (Phi) is 5.36. The minimum Gasteiger partial charge on any atom is -0.485 e. The van der Waals surface area contributed by atoms with Gasteiger partial charge in [-0.1, -0.05) is 37.3 Å². The van der Waals surface area contributed by atoms with E-state index in [2.05, 4.69) is 27.8 Å². The lowest BCUT2D eigenvalue weighted by molar-refractivity contribution is 0.102. The highest BCUT2D eigenvalue weighted by molar-refractivity contribution is 6.06. The number of carbonyl (C=O) groups excluding carboxylic acids is 1. The summed E-state index contributed by atoms with van der Waals surface area (Å²) in [7, 11) is 0. The summed E-state index contributed by atoms with van der Waals surface area (Å²) >= 11 is 0. The Bertz CT molecular complexity index is 832. The van der Waals surface area contributed by atoms with Crippen molar-refractivity contribution in [3.05, 3.63) is 66.0 Å². The van der Waals surface area contributed by atoms with Gasteiger partial charge < -0.3 is 10.1 Å². The van der Waals surface area contributed by atoms with Crippen molar-refractivity contribution < 1.29 is 9.53 Å². The fraction of sp³-hybridized carbons (Fsp3) is 0.222. The van der Waals surface area contributed by atoms with Gasteiger partial charge in [-0.25, -0.2) is 4.68 Å². The first-order chi connectivity index (χ1) is 12.3. The topological polar surface area (TPSA) is 81.9 Å². The smallest absolute Gasteiger partial charge is 0.259 e. The minimum absolute atomic E-state index is 0.197. The van der Waals surface area contributed by atoms with Gasteiger partial charge in [-0.05, 0) is 41.1 Å². The molecule has 0 spiro atoms. The number of aryl methyl sites for hydroxylation is 1. The fourth-order valence-electron chi connectivity index (χ4n) is 2.35. The van der Waals surface area contributed by atoms with Crippen LogP contribution in [0.4, 0.5) is 5.69 Å². The van der Waals surface area contributed by atoms with E-state index in [4.69, 9.17) is 4.74 Å². The highest BCUT2D eigenvalue weighted by atomic mass is 16.5. The summed E-state index contributed by atoms with van der Waals surface area (Å²) in [5.74, 6) is 0.886. The molecule has 0 unspecified atom stereocenters. The Balaban J connectivity index is 1.72. The zero-order valence-corrected chi connectivity index (χ0v) is 13.9. The number of para-hydroxylation sites is 2. The first-order valence-electron chi connectivity index (χ1n) is 8.11. The van der Waals surface area contributed by atoms with Crippen molar-refractivity contribution in [2.75, 3.05) is 5.32 Å². The molecule has 3 rings (SSSR count). The van der Waals surface area contributed by atoms with Crippen LogP contribution in [0.1, 0.15) is 29.5 Å². The fourth-order valence-corrected chi connectivity index (χ4v) is 2.35. The van der Waals surface area contributed by atoms with Crippen LogP contribution in [0.2, 0.25) is 0 Å². The largest absolute Gasteiger partial charge is 0.485 e. The number of aromatic nitrogens is 4. The SMILES string of the molecule is CCCn1nnnc1COc1ccccc1C(=O)Nc1ccccc1. The van der Waals surface area contributed by atoms with Crippen molar-refractivity contribution in [3.63, 3.8) is 0 Å². The summed E-state index contributed by atoms with van der Waals surface area (Å²) in [6.07, 6.45) is 0.925. The lowest BCUT2D eigenvalue weighted by Gasteiger charge is -2.11. The first kappa shape index (κ1) is 16.6. The molecule has 3 aromatic rings. The summed E-state index contributed by atoms with van der Waals surface area (Å²) in [6, 6.07) is 16.4. The summed E-state index contributed by atoms with van der Waals surface area (Å²) < 4.78 is 7.50. The maximum Gasteiger partial charge on any atom is 0.259 e. The number of tetrazole rings is 1. The predicted octanol–water partition coefficient (Wildman–Crippen LogP) is 2.91. The Morgan fingerprint density at radius 2 is 1.88 bits per heavy atom. The molecule has 0 atom stereocenters. The van der Waals surface area contributed by atoms with E-state index >= 15 is 0 Å². The van der Waals surface area contributed by atoms with E-state index in [0.717, 1.165) is 18.7 Å². The van der Waals surface area contributed by atoms with Crippen LogP contribution in [-0.4, -0.2) is 26.1 Å². The van der Waals surface area contributed by atoms with E-state index in [1.165, 1.54) is 0 Å². The molecule has 0 saturated carbocycles. The number of amides is 1. The van der Waals surface area contributed by atoms with E-state index in [-0.39, 0.29) is 12.5 Å². The average molecular weight is 337 g/mol. The van der Waals surface area contributed by atoms with Crippen LogP contribution in [0.5, 0.6) is 5.75 Å². The lowest BCUT2D eigenvalue weighted by Crippen LogP contribution is -2.14. The van der Waals surface area contributed by atoms with Gasteiger partial charge in [-0.15, -0.1) is 5.10 Å². The minimum atomic E-state index is -0.227. The Labute approximate surface area is 145 Å². The van der Waals surface area contributed by atoms with Gasteiger partial charge in [-0.3, -0.25) is 4.79 Å². The molecule has 1 aromatic heterocycles. The molecule has 0 saturated heterocycles. The Morgan fingerprint density at radius 3 is 2.68 bits per heavy atom. The Morgan fingerprint density at radius 1 is 1.12 bits per heavy atom. The van der Waals surface area contributed by atoms with Crippen molar-refractivity contribution in [2.45, 2.75) is 26.5 Å². The summed E-state index contributed by atoms with van der Waals surface area (Å²) in [4.78, 5) is 12.5. The highest BCUT2D eigenvalue weighted by Gasteiger charge is 2.14. The van der Waals surface area contributed by atoms with Gasteiger partial charge in [0.25, 0.3) is 5.91 Å². The Hall–Kier alpha value is -3.22. The number of hydrogen-bond acceptors (Lipinski definition) is 5. The number of hydrogen-bond donors (Lipinski definition) is 1. The summed E-state index contributed by atoms with van der Waals surface area (Å²) in [5.41, 5.74) is 1.19. The van der Waals surface area contributed by atoms with Crippen LogP contribution in [0.25, 0.3) is 0 Å². The molecule has 0 radical (unpaired) electrons. The number of benzene rings is 2. The zero-order valence-electron chi connectivity index (χ0n) is 13.9. The van der Waals surface area contributed by atoms with Gasteiger partial charge in [0, 0.05) is 12.2 Å². The molecular formula is C18H19N5O2. The molecule has 0 aliphatic heterocycles. The predicted molar refractivity (Wildman–Crippen MR) is 93.3 cm³/mol. The van der Waals surface area contributed by atoms with Crippen LogP contribution < -0.4 is 10.1 Å². The van der Waals surface area contributed by atoms with Gasteiger partial charge in [0.2, 0.25) is 0 Å². The second-order valence-corrected chi connectivity index (χ2v) is 5.42. The van der Waals surface area contributed by atoms with Crippen LogP contribution in [0, 0.1) is 0 Å². The number of nitrogens with zero attached hydrogens (tertiary/aromatic N) is 4. The highest BCUT2D eigenvalue weighted by Crippen LogP contribution is 2.20. The molecule has 7 heteroatoms. The molecule has 0 aliphatic carbocycles. The molecule has 0 aliphatic rings. The maximum absolute atomic E-state index is 12.5. The third-order valence-electron chi connectivity index (χ3n) is 3.56. The van der Waals surface area contributed by atoms with Crippen molar-refractivity contribution in [1.82, 2.24) is 20.2 Å². The second-order valence-electron chi connectivity index (χ2n) is 5.42. The number of nitrogens with one attached hydrogen (secondary N) is 1. The maximum atomic E-state index is 12.5. The van der Waals surface area contributed by atoms with Crippen molar-refractivity contribution in [1.29, 1.82) is 0 Å². The van der Waals surface area contributed by atoms with E-state index < -0.39 is 0 Å². The van der Waals surface area contributed by atoms with Crippen LogP contribution in [-0.2, 0) is 13.2 Å². The first-order valence-corrected chi connectivity index (χ1v) is 8.11. The van der Waals surface area contributed by atoms with Crippen molar-refractivity contribution in [2.24, 2.45) is 0 Å². The molecule has 2 aromatic carbocycles. The molecule has 7 nitrogen and oxygen atoms in total. The van der Waals surface area contributed by atoms with Crippen molar-refractivity contribution >= 4 is 11.6 Å². The van der Waals surface area contributed by atoms with Crippen LogP contribution >= 0.6 is 0 Å². The van der Waals surface area contributed by atoms with Gasteiger partial charge in [0.15, 0.2) is 5.82 Å².